The molecule has 1 aromatic carbocycles. The first-order valence-corrected chi connectivity index (χ1v) is 11.0. The number of carbonyl (C=O) groups excluding carboxylic acids is 2. The Labute approximate surface area is 199 Å². The number of morpholine rings is 1. The topological polar surface area (TPSA) is 137 Å². The number of aryl methyl sites for hydroxylation is 1. The lowest BCUT2D eigenvalue weighted by Gasteiger charge is -2.27. The van der Waals surface area contributed by atoms with Gasteiger partial charge in [0.15, 0.2) is 5.02 Å². The number of anilines is 1. The highest BCUT2D eigenvalue weighted by Crippen LogP contribution is 2.22. The van der Waals surface area contributed by atoms with E-state index in [9.17, 15) is 19.7 Å². The van der Waals surface area contributed by atoms with Gasteiger partial charge in [-0.1, -0.05) is 23.7 Å². The lowest BCUT2D eigenvalue weighted by atomic mass is 10.1. The Kier molecular flexibility index (Phi) is 6.89. The van der Waals surface area contributed by atoms with Gasteiger partial charge in [-0.05, 0) is 29.5 Å². The van der Waals surface area contributed by atoms with Crippen LogP contribution in [0.3, 0.4) is 0 Å². The van der Waals surface area contributed by atoms with Crippen LogP contribution in [0.4, 0.5) is 11.5 Å². The second-order valence-electron chi connectivity index (χ2n) is 7.53. The molecule has 2 amide bonds. The summed E-state index contributed by atoms with van der Waals surface area (Å²) >= 11 is 5.83. The molecule has 1 fully saturated rings. The number of aromatic nitrogens is 4. The minimum atomic E-state index is -0.648. The van der Waals surface area contributed by atoms with E-state index >= 15 is 0 Å². The molecule has 2 aromatic heterocycles. The lowest BCUT2D eigenvalue weighted by Crippen LogP contribution is -2.41. The van der Waals surface area contributed by atoms with E-state index in [1.165, 1.54) is 17.1 Å². The summed E-state index contributed by atoms with van der Waals surface area (Å²) in [4.78, 5) is 37.9. The van der Waals surface area contributed by atoms with Crippen LogP contribution in [-0.4, -0.2) is 67.5 Å². The number of carbonyl (C=O) groups is 2. The molecule has 3 heterocycles. The number of amides is 2. The molecule has 0 atom stereocenters. The maximum absolute atomic E-state index is 13.1. The van der Waals surface area contributed by atoms with Crippen molar-refractivity contribution in [2.75, 3.05) is 31.6 Å². The van der Waals surface area contributed by atoms with Crippen LogP contribution in [0.15, 0.2) is 36.7 Å². The largest absolute Gasteiger partial charge is 0.408 e. The Hall–Kier alpha value is -3.77. The van der Waals surface area contributed by atoms with Crippen molar-refractivity contribution >= 4 is 34.9 Å². The molecule has 1 aliphatic heterocycles. The van der Waals surface area contributed by atoms with E-state index in [1.54, 1.807) is 33.8 Å². The van der Waals surface area contributed by atoms with E-state index in [0.29, 0.717) is 49.8 Å². The second-order valence-corrected chi connectivity index (χ2v) is 7.94. The third-order valence-electron chi connectivity index (χ3n) is 5.32. The minimum absolute atomic E-state index is 0.0453. The highest BCUT2D eigenvalue weighted by atomic mass is 35.5. The van der Waals surface area contributed by atoms with Crippen molar-refractivity contribution in [3.63, 3.8) is 0 Å². The van der Waals surface area contributed by atoms with Crippen molar-refractivity contribution in [1.29, 1.82) is 0 Å². The first-order valence-electron chi connectivity index (χ1n) is 10.6. The van der Waals surface area contributed by atoms with Crippen molar-refractivity contribution in [3.8, 4) is 0 Å². The van der Waals surface area contributed by atoms with Gasteiger partial charge < -0.3 is 25.1 Å². The van der Waals surface area contributed by atoms with Gasteiger partial charge >= 0.3 is 5.82 Å². The Bertz CT molecular complexity index is 1210. The predicted molar refractivity (Wildman–Crippen MR) is 122 cm³/mol. The number of benzene rings is 1. The number of halogens is 1. The van der Waals surface area contributed by atoms with E-state index in [4.69, 9.17) is 16.3 Å². The summed E-state index contributed by atoms with van der Waals surface area (Å²) in [5.74, 6) is -1.01. The molecule has 0 aliphatic carbocycles. The van der Waals surface area contributed by atoms with Gasteiger partial charge in [-0.2, -0.15) is 9.78 Å². The maximum Gasteiger partial charge on any atom is 0.408 e. The Balaban J connectivity index is 1.47. The van der Waals surface area contributed by atoms with Gasteiger partial charge in [0, 0.05) is 25.2 Å². The first kappa shape index (κ1) is 23.4. The number of nitrogens with zero attached hydrogens (tertiary/aromatic N) is 6. The Morgan fingerprint density at radius 1 is 1.24 bits per heavy atom. The van der Waals surface area contributed by atoms with Crippen molar-refractivity contribution in [3.05, 3.63) is 68.6 Å². The van der Waals surface area contributed by atoms with Crippen LogP contribution in [0.1, 0.15) is 33.3 Å². The Morgan fingerprint density at radius 3 is 2.56 bits per heavy atom. The number of hydrogen-bond acceptors (Lipinski definition) is 7. The van der Waals surface area contributed by atoms with Gasteiger partial charge in [0.05, 0.1) is 42.9 Å². The molecule has 0 radical (unpaired) electrons. The lowest BCUT2D eigenvalue weighted by molar-refractivity contribution is -0.389. The molecule has 1 aliphatic rings. The molecule has 0 saturated carbocycles. The van der Waals surface area contributed by atoms with Gasteiger partial charge in [-0.15, -0.1) is 0 Å². The van der Waals surface area contributed by atoms with E-state index < -0.39 is 16.6 Å². The first-order chi connectivity index (χ1) is 16.4. The van der Waals surface area contributed by atoms with Crippen LogP contribution in [-0.2, 0) is 17.8 Å². The van der Waals surface area contributed by atoms with Crippen molar-refractivity contribution in [1.82, 2.24) is 24.5 Å². The zero-order valence-electron chi connectivity index (χ0n) is 18.3. The third kappa shape index (κ3) is 4.92. The predicted octanol–water partition coefficient (Wildman–Crippen LogP) is 2.43. The smallest absolute Gasteiger partial charge is 0.378 e. The van der Waals surface area contributed by atoms with Crippen LogP contribution < -0.4 is 5.32 Å². The molecule has 34 heavy (non-hydrogen) atoms. The molecule has 3 aromatic rings. The monoisotopic (exact) mass is 487 g/mol. The SMILES string of the molecule is CCn1ncc(NC(=O)c2ccc(Cn3cc(Cl)c([N+](=O)[O-])n3)cc2)c1C(=O)N1CCOCC1. The molecule has 1 N–H and O–H groups in total. The summed E-state index contributed by atoms with van der Waals surface area (Å²) in [6, 6.07) is 6.67. The van der Waals surface area contributed by atoms with Crippen molar-refractivity contribution in [2.24, 2.45) is 0 Å². The molecule has 4 rings (SSSR count). The van der Waals surface area contributed by atoms with Crippen molar-refractivity contribution in [2.45, 2.75) is 20.0 Å². The summed E-state index contributed by atoms with van der Waals surface area (Å²) in [6.07, 6.45) is 2.84. The van der Waals surface area contributed by atoms with Crippen LogP contribution in [0.25, 0.3) is 0 Å². The molecular weight excluding hydrogens is 466 g/mol. The third-order valence-corrected chi connectivity index (χ3v) is 5.59. The average molecular weight is 488 g/mol. The molecular formula is C21H22ClN7O5. The highest BCUT2D eigenvalue weighted by Gasteiger charge is 2.26. The second kappa shape index (κ2) is 10.0. The fourth-order valence-corrected chi connectivity index (χ4v) is 3.81. The number of rotatable bonds is 7. The van der Waals surface area contributed by atoms with Crippen LogP contribution >= 0.6 is 11.6 Å². The van der Waals surface area contributed by atoms with Crippen LogP contribution in [0.2, 0.25) is 5.02 Å². The molecule has 0 unspecified atom stereocenters. The average Bonchev–Trinajstić information content (AvgIpc) is 3.42. The van der Waals surface area contributed by atoms with E-state index in [1.807, 2.05) is 6.92 Å². The summed E-state index contributed by atoms with van der Waals surface area (Å²) in [6.45, 7) is 4.49. The maximum atomic E-state index is 13.1. The summed E-state index contributed by atoms with van der Waals surface area (Å²) in [5.41, 5.74) is 1.81. The zero-order valence-corrected chi connectivity index (χ0v) is 19.1. The highest BCUT2D eigenvalue weighted by molar-refractivity contribution is 6.32. The number of nitrogens with one attached hydrogen (secondary N) is 1. The van der Waals surface area contributed by atoms with Gasteiger partial charge in [-0.25, -0.2) is 0 Å². The molecule has 1 saturated heterocycles. The van der Waals surface area contributed by atoms with Crippen LogP contribution in [0, 0.1) is 10.1 Å². The van der Waals surface area contributed by atoms with E-state index in [-0.39, 0.29) is 17.5 Å². The molecule has 12 nitrogen and oxygen atoms in total. The summed E-state index contributed by atoms with van der Waals surface area (Å²) in [7, 11) is 0. The molecule has 0 bridgehead atoms. The molecule has 13 heteroatoms. The number of hydrogen-bond donors (Lipinski definition) is 1. The molecule has 0 spiro atoms. The minimum Gasteiger partial charge on any atom is -0.378 e. The van der Waals surface area contributed by atoms with Gasteiger partial charge in [0.2, 0.25) is 0 Å². The van der Waals surface area contributed by atoms with Gasteiger partial charge in [0.25, 0.3) is 11.8 Å². The fourth-order valence-electron chi connectivity index (χ4n) is 3.59. The normalized spacial score (nSPS) is 13.6. The Morgan fingerprint density at radius 2 is 1.94 bits per heavy atom. The zero-order chi connectivity index (χ0) is 24.2. The fraction of sp³-hybridized carbons (Fsp3) is 0.333. The summed E-state index contributed by atoms with van der Waals surface area (Å²) in [5, 5.41) is 21.7. The van der Waals surface area contributed by atoms with Crippen LogP contribution in [0.5, 0.6) is 0 Å². The standard InChI is InChI=1S/C21H22ClN7O5/c1-2-28-18(21(31)26-7-9-34-10-8-26)17(11-23-28)24-20(30)15-5-3-14(4-6-15)12-27-13-16(22)19(25-27)29(32)33/h3-6,11,13H,2,7-10,12H2,1H3,(H,24,30). The number of ether oxygens (including phenoxy) is 1. The molecule has 178 valence electrons. The van der Waals surface area contributed by atoms with Gasteiger partial charge in [0.1, 0.15) is 5.69 Å². The summed E-state index contributed by atoms with van der Waals surface area (Å²) < 4.78 is 8.23. The van der Waals surface area contributed by atoms with E-state index in [2.05, 4.69) is 15.5 Å². The van der Waals surface area contributed by atoms with Gasteiger partial charge in [-0.3, -0.25) is 14.3 Å². The van der Waals surface area contributed by atoms with E-state index in [0.717, 1.165) is 5.56 Å². The number of nitro groups is 1. The van der Waals surface area contributed by atoms with Crippen molar-refractivity contribution < 1.29 is 19.2 Å². The quantitative estimate of drug-likeness (QED) is 0.399.